The molecule has 0 unspecified atom stereocenters. The Labute approximate surface area is 200 Å². The van der Waals surface area contributed by atoms with Crippen molar-refractivity contribution in [3.63, 3.8) is 0 Å². The van der Waals surface area contributed by atoms with Gasteiger partial charge in [0.15, 0.2) is 11.6 Å². The van der Waals surface area contributed by atoms with Gasteiger partial charge in [-0.3, -0.25) is 4.90 Å². The van der Waals surface area contributed by atoms with Gasteiger partial charge in [0.25, 0.3) is 0 Å². The third-order valence-electron chi connectivity index (χ3n) is 6.11. The normalized spacial score (nSPS) is 17.6. The number of carbonyl (C=O) groups is 1. The number of nitrogens with zero attached hydrogens (tertiary/aromatic N) is 5. The molecule has 3 aromatic rings. The Morgan fingerprint density at radius 1 is 1.26 bits per heavy atom. The first-order valence-corrected chi connectivity index (χ1v) is 11.1. The van der Waals surface area contributed by atoms with E-state index in [2.05, 4.69) is 26.9 Å². The van der Waals surface area contributed by atoms with E-state index in [1.807, 2.05) is 0 Å². The molecule has 2 aliphatic rings. The van der Waals surface area contributed by atoms with Gasteiger partial charge in [0, 0.05) is 48.4 Å². The van der Waals surface area contributed by atoms with Crippen LogP contribution in [-0.4, -0.2) is 68.0 Å². The highest BCUT2D eigenvalue weighted by Gasteiger charge is 2.35. The number of fused-ring (bicyclic) bond motifs is 2. The fraction of sp³-hybridized carbons (Fsp3) is 0.292. The van der Waals surface area contributed by atoms with Crippen LogP contribution in [0, 0.1) is 17.7 Å². The Morgan fingerprint density at radius 3 is 2.79 bits per heavy atom. The molecule has 0 saturated carbocycles. The quantitative estimate of drug-likeness (QED) is 0.537. The Balaban J connectivity index is 1.50. The number of piperazine rings is 1. The smallest absolute Gasteiger partial charge is 0.330 e. The molecule has 8 nitrogen and oxygen atoms in total. The monoisotopic (exact) mass is 481 g/mol. The number of halogens is 2. The number of ether oxygens (including phenoxy) is 1. The number of benzene rings is 2. The van der Waals surface area contributed by atoms with Gasteiger partial charge < -0.3 is 14.7 Å². The highest BCUT2D eigenvalue weighted by Crippen LogP contribution is 2.43. The second-order valence-corrected chi connectivity index (χ2v) is 8.55. The van der Waals surface area contributed by atoms with Crippen LogP contribution in [0.4, 0.5) is 9.18 Å². The minimum Gasteiger partial charge on any atom is -0.507 e. The fourth-order valence-electron chi connectivity index (χ4n) is 4.49. The lowest BCUT2D eigenvalue weighted by atomic mass is 9.95. The first kappa shape index (κ1) is 22.2. The van der Waals surface area contributed by atoms with E-state index in [0.29, 0.717) is 37.3 Å². The van der Waals surface area contributed by atoms with Gasteiger partial charge in [0.1, 0.15) is 25.0 Å². The van der Waals surface area contributed by atoms with Crippen molar-refractivity contribution in [1.29, 1.82) is 0 Å². The van der Waals surface area contributed by atoms with Crippen molar-refractivity contribution in [3.8, 4) is 34.5 Å². The lowest BCUT2D eigenvalue weighted by Gasteiger charge is -2.39. The summed E-state index contributed by atoms with van der Waals surface area (Å²) in [5, 5.41) is 18.0. The lowest BCUT2D eigenvalue weighted by molar-refractivity contribution is 0.0652. The number of carbonyl (C=O) groups excluding carboxylic acids is 1. The van der Waals surface area contributed by atoms with Crippen molar-refractivity contribution >= 4 is 17.6 Å². The van der Waals surface area contributed by atoms with Gasteiger partial charge >= 0.3 is 6.03 Å². The van der Waals surface area contributed by atoms with Crippen LogP contribution in [0.2, 0.25) is 5.02 Å². The molecular formula is C24H21ClFN5O3. The number of hydrogen-bond donors (Lipinski definition) is 1. The summed E-state index contributed by atoms with van der Waals surface area (Å²) in [6.45, 7) is 3.84. The number of amides is 1. The standard InChI is InChI=1S/C24H21ClFN5O3/c1-2-4-15-9-16-10-29-7-8-30(24(33)31-13-27-28-14-31)11-17(29)12-34-23(16)22(26)20(15)21-18(25)5-3-6-19(21)32/h3,5-6,9,13-14,17,32H,7-8,10-12H2,1H3/t17-/m1/s1. The fourth-order valence-corrected chi connectivity index (χ4v) is 4.75. The zero-order chi connectivity index (χ0) is 23.8. The van der Waals surface area contributed by atoms with Gasteiger partial charge in [-0.2, -0.15) is 0 Å². The molecular weight excluding hydrogens is 461 g/mol. The first-order valence-electron chi connectivity index (χ1n) is 10.7. The van der Waals surface area contributed by atoms with Crippen LogP contribution in [0.3, 0.4) is 0 Å². The first-order chi connectivity index (χ1) is 16.5. The van der Waals surface area contributed by atoms with Crippen molar-refractivity contribution in [2.45, 2.75) is 19.5 Å². The van der Waals surface area contributed by atoms with Gasteiger partial charge in [-0.05, 0) is 25.1 Å². The van der Waals surface area contributed by atoms with E-state index in [1.165, 1.54) is 23.3 Å². The van der Waals surface area contributed by atoms with Crippen molar-refractivity contribution < 1.29 is 19.0 Å². The van der Waals surface area contributed by atoms with E-state index in [1.54, 1.807) is 30.0 Å². The molecule has 1 amide bonds. The molecule has 0 bridgehead atoms. The van der Waals surface area contributed by atoms with Crippen LogP contribution in [0.15, 0.2) is 36.9 Å². The molecule has 0 aliphatic carbocycles. The van der Waals surface area contributed by atoms with Gasteiger partial charge in [0.2, 0.25) is 0 Å². The van der Waals surface area contributed by atoms with Crippen molar-refractivity contribution in [1.82, 2.24) is 24.6 Å². The molecule has 1 atom stereocenters. The number of aromatic nitrogens is 3. The molecule has 1 fully saturated rings. The molecule has 2 aromatic carbocycles. The summed E-state index contributed by atoms with van der Waals surface area (Å²) in [7, 11) is 0. The van der Waals surface area contributed by atoms with Gasteiger partial charge in [-0.15, -0.1) is 16.1 Å². The summed E-state index contributed by atoms with van der Waals surface area (Å²) < 4.78 is 23.3. The van der Waals surface area contributed by atoms with Crippen LogP contribution < -0.4 is 4.74 Å². The SMILES string of the molecule is CC#Cc1cc2c(c(F)c1-c1c(O)cccc1Cl)OC[C@H]1CN(C(=O)n3cnnc3)CCN1C2. The number of phenols is 1. The maximum absolute atomic E-state index is 16.0. The molecule has 5 rings (SSSR count). The molecule has 1 saturated heterocycles. The molecule has 174 valence electrons. The van der Waals surface area contributed by atoms with E-state index < -0.39 is 5.82 Å². The van der Waals surface area contributed by atoms with E-state index in [-0.39, 0.29) is 46.3 Å². The summed E-state index contributed by atoms with van der Waals surface area (Å²) in [6.07, 6.45) is 2.73. The van der Waals surface area contributed by atoms with E-state index in [0.717, 1.165) is 0 Å². The average molecular weight is 482 g/mol. The van der Waals surface area contributed by atoms with E-state index in [4.69, 9.17) is 16.3 Å². The van der Waals surface area contributed by atoms with E-state index >= 15 is 4.39 Å². The number of rotatable bonds is 1. The van der Waals surface area contributed by atoms with Crippen LogP contribution in [-0.2, 0) is 6.54 Å². The lowest BCUT2D eigenvalue weighted by Crippen LogP contribution is -2.56. The molecule has 3 heterocycles. The Kier molecular flexibility index (Phi) is 5.86. The highest BCUT2D eigenvalue weighted by molar-refractivity contribution is 6.33. The van der Waals surface area contributed by atoms with Crippen molar-refractivity contribution in [2.75, 3.05) is 26.2 Å². The molecule has 34 heavy (non-hydrogen) atoms. The van der Waals surface area contributed by atoms with Crippen LogP contribution in [0.1, 0.15) is 18.1 Å². The maximum atomic E-state index is 16.0. The van der Waals surface area contributed by atoms with Gasteiger partial charge in [-0.1, -0.05) is 23.6 Å². The molecule has 2 aliphatic heterocycles. The number of aromatic hydroxyl groups is 1. The van der Waals surface area contributed by atoms with Gasteiger partial charge in [-0.25, -0.2) is 13.8 Å². The zero-order valence-corrected chi connectivity index (χ0v) is 19.1. The van der Waals surface area contributed by atoms with Crippen LogP contribution >= 0.6 is 11.6 Å². The summed E-state index contributed by atoms with van der Waals surface area (Å²) in [5.41, 5.74) is 1.37. The molecule has 1 N–H and O–H groups in total. The van der Waals surface area contributed by atoms with Gasteiger partial charge in [0.05, 0.1) is 11.1 Å². The third kappa shape index (κ3) is 3.85. The van der Waals surface area contributed by atoms with Crippen LogP contribution in [0.5, 0.6) is 11.5 Å². The molecule has 0 spiro atoms. The predicted octanol–water partition coefficient (Wildman–Crippen LogP) is 3.36. The summed E-state index contributed by atoms with van der Waals surface area (Å²) in [4.78, 5) is 16.6. The second-order valence-electron chi connectivity index (χ2n) is 8.14. The predicted molar refractivity (Wildman–Crippen MR) is 123 cm³/mol. The Morgan fingerprint density at radius 2 is 2.06 bits per heavy atom. The number of hydrogen-bond acceptors (Lipinski definition) is 6. The third-order valence-corrected chi connectivity index (χ3v) is 6.42. The highest BCUT2D eigenvalue weighted by atomic mass is 35.5. The number of phenolic OH excluding ortho intramolecular Hbond substituents is 1. The zero-order valence-electron chi connectivity index (χ0n) is 18.3. The van der Waals surface area contributed by atoms with E-state index in [9.17, 15) is 9.90 Å². The minimum absolute atomic E-state index is 0.112. The maximum Gasteiger partial charge on any atom is 0.330 e. The van der Waals surface area contributed by atoms with Crippen LogP contribution in [0.25, 0.3) is 11.1 Å². The summed E-state index contributed by atoms with van der Waals surface area (Å²) in [5.74, 6) is 5.13. The second kappa shape index (κ2) is 8.97. The van der Waals surface area contributed by atoms with Crippen molar-refractivity contribution in [3.05, 3.63) is 58.9 Å². The Hall–Kier alpha value is -3.61. The van der Waals surface area contributed by atoms with Crippen molar-refractivity contribution in [2.24, 2.45) is 0 Å². The summed E-state index contributed by atoms with van der Waals surface area (Å²) >= 11 is 6.34. The minimum atomic E-state index is -0.615. The largest absolute Gasteiger partial charge is 0.507 e. The summed E-state index contributed by atoms with van der Waals surface area (Å²) in [6, 6.07) is 6.10. The Bertz CT molecular complexity index is 1300. The molecule has 0 radical (unpaired) electrons. The molecule has 10 heteroatoms. The topological polar surface area (TPSA) is 83.7 Å². The average Bonchev–Trinajstić information content (AvgIpc) is 3.29. The molecule has 1 aromatic heterocycles.